The summed E-state index contributed by atoms with van der Waals surface area (Å²) in [6, 6.07) is 4.65. The predicted molar refractivity (Wildman–Crippen MR) is 112 cm³/mol. The number of imidazole rings is 1. The lowest BCUT2D eigenvalue weighted by molar-refractivity contribution is -0.0669. The van der Waals surface area contributed by atoms with E-state index in [1.807, 2.05) is 30.8 Å². The number of piperidine rings is 1. The first-order chi connectivity index (χ1) is 13.9. The SMILES string of the molecule is C=CCc1cc(CN2[C@@H]3CC[C@H]2CC(O)(c2nccn2C)C3)cc(OCC)c1O. The molecule has 2 bridgehead atoms. The number of aromatic nitrogens is 2. The highest BCUT2D eigenvalue weighted by molar-refractivity contribution is 5.49. The van der Waals surface area contributed by atoms with Crippen molar-refractivity contribution in [1.29, 1.82) is 0 Å². The summed E-state index contributed by atoms with van der Waals surface area (Å²) < 4.78 is 7.60. The Bertz CT molecular complexity index is 877. The van der Waals surface area contributed by atoms with E-state index in [4.69, 9.17) is 4.74 Å². The molecule has 0 aliphatic carbocycles. The van der Waals surface area contributed by atoms with Gasteiger partial charge in [-0.1, -0.05) is 12.1 Å². The van der Waals surface area contributed by atoms with Gasteiger partial charge in [0.1, 0.15) is 11.4 Å². The normalized spacial score (nSPS) is 26.6. The summed E-state index contributed by atoms with van der Waals surface area (Å²) in [4.78, 5) is 6.94. The summed E-state index contributed by atoms with van der Waals surface area (Å²) in [6.07, 6.45) is 9.63. The van der Waals surface area contributed by atoms with Crippen LogP contribution in [0.5, 0.6) is 11.5 Å². The summed E-state index contributed by atoms with van der Waals surface area (Å²) in [5.74, 6) is 1.52. The molecule has 1 aromatic carbocycles. The Morgan fingerprint density at radius 3 is 2.62 bits per heavy atom. The number of benzene rings is 1. The molecule has 0 radical (unpaired) electrons. The van der Waals surface area contributed by atoms with Gasteiger partial charge in [0.15, 0.2) is 11.5 Å². The van der Waals surface area contributed by atoms with Gasteiger partial charge >= 0.3 is 0 Å². The maximum Gasteiger partial charge on any atom is 0.161 e. The standard InChI is InChI=1S/C23H31N3O3/c1-4-6-17-11-16(12-20(21(17)27)29-5-2)15-26-18-7-8-19(26)14-23(28,13-18)22-24-9-10-25(22)3/h4,9-12,18-19,27-28H,1,5-8,13-15H2,2-3H3/t18-,19+,23?. The molecule has 2 fully saturated rings. The molecule has 6 heteroatoms. The van der Waals surface area contributed by atoms with Crippen LogP contribution in [-0.2, 0) is 25.6 Å². The van der Waals surface area contributed by atoms with Gasteiger partial charge in [-0.15, -0.1) is 6.58 Å². The molecule has 0 saturated carbocycles. The van der Waals surface area contributed by atoms with Crippen LogP contribution in [0.25, 0.3) is 0 Å². The summed E-state index contributed by atoms with van der Waals surface area (Å²) >= 11 is 0. The number of aliphatic hydroxyl groups is 1. The average Bonchev–Trinajstić information content (AvgIpc) is 3.21. The number of phenolic OH excluding ortho intramolecular Hbond substituents is 1. The van der Waals surface area contributed by atoms with E-state index in [1.54, 1.807) is 12.3 Å². The van der Waals surface area contributed by atoms with Gasteiger partial charge in [-0.05, 0) is 50.7 Å². The number of allylic oxidation sites excluding steroid dienone is 1. The van der Waals surface area contributed by atoms with Gasteiger partial charge in [0.25, 0.3) is 0 Å². The third-order valence-corrected chi connectivity index (χ3v) is 6.40. The summed E-state index contributed by atoms with van der Waals surface area (Å²) in [5.41, 5.74) is 1.11. The Labute approximate surface area is 172 Å². The second-order valence-corrected chi connectivity index (χ2v) is 8.39. The third kappa shape index (κ3) is 3.67. The smallest absolute Gasteiger partial charge is 0.161 e. The molecule has 29 heavy (non-hydrogen) atoms. The molecule has 1 unspecified atom stereocenters. The van der Waals surface area contributed by atoms with E-state index in [0.717, 1.165) is 36.3 Å². The summed E-state index contributed by atoms with van der Waals surface area (Å²) in [5, 5.41) is 21.8. The fraction of sp³-hybridized carbons (Fsp3) is 0.522. The molecule has 2 N–H and O–H groups in total. The second-order valence-electron chi connectivity index (χ2n) is 8.39. The summed E-state index contributed by atoms with van der Waals surface area (Å²) in [6.45, 7) is 7.02. The first-order valence-electron chi connectivity index (χ1n) is 10.5. The van der Waals surface area contributed by atoms with E-state index in [0.29, 0.717) is 43.7 Å². The number of fused-ring (bicyclic) bond motifs is 2. The van der Waals surface area contributed by atoms with Crippen molar-refractivity contribution < 1.29 is 14.9 Å². The highest BCUT2D eigenvalue weighted by Gasteiger charge is 2.49. The minimum atomic E-state index is -0.861. The van der Waals surface area contributed by atoms with Gasteiger partial charge in [-0.2, -0.15) is 0 Å². The van der Waals surface area contributed by atoms with Crippen molar-refractivity contribution >= 4 is 0 Å². The van der Waals surface area contributed by atoms with Crippen LogP contribution in [0.2, 0.25) is 0 Å². The van der Waals surface area contributed by atoms with E-state index in [9.17, 15) is 10.2 Å². The van der Waals surface area contributed by atoms with Crippen LogP contribution in [0.3, 0.4) is 0 Å². The van der Waals surface area contributed by atoms with Crippen molar-refractivity contribution in [3.05, 3.63) is 54.1 Å². The van der Waals surface area contributed by atoms with Crippen LogP contribution in [0.15, 0.2) is 37.2 Å². The quantitative estimate of drug-likeness (QED) is 0.702. The van der Waals surface area contributed by atoms with Gasteiger partial charge in [0.2, 0.25) is 0 Å². The van der Waals surface area contributed by atoms with Gasteiger partial charge < -0.3 is 19.5 Å². The van der Waals surface area contributed by atoms with E-state index in [-0.39, 0.29) is 5.75 Å². The molecular weight excluding hydrogens is 366 g/mol. The number of hydrogen-bond donors (Lipinski definition) is 2. The van der Waals surface area contributed by atoms with E-state index >= 15 is 0 Å². The molecule has 1 aromatic heterocycles. The Morgan fingerprint density at radius 2 is 2.03 bits per heavy atom. The van der Waals surface area contributed by atoms with Crippen molar-refractivity contribution in [2.45, 2.75) is 63.3 Å². The molecule has 4 rings (SSSR count). The zero-order valence-electron chi connectivity index (χ0n) is 17.3. The molecule has 156 valence electrons. The molecule has 2 aromatic rings. The zero-order valence-corrected chi connectivity index (χ0v) is 17.3. The molecule has 2 aliphatic heterocycles. The van der Waals surface area contributed by atoms with Crippen LogP contribution in [0.1, 0.15) is 49.6 Å². The first-order valence-corrected chi connectivity index (χ1v) is 10.5. The fourth-order valence-electron chi connectivity index (χ4n) is 5.18. The molecule has 0 amide bonds. The Morgan fingerprint density at radius 1 is 1.31 bits per heavy atom. The highest BCUT2D eigenvalue weighted by Crippen LogP contribution is 2.46. The number of ether oxygens (including phenoxy) is 1. The zero-order chi connectivity index (χ0) is 20.6. The number of aryl methyl sites for hydroxylation is 1. The molecule has 0 spiro atoms. The Kier molecular flexibility index (Phi) is 5.40. The molecule has 2 saturated heterocycles. The van der Waals surface area contributed by atoms with E-state index in [2.05, 4.69) is 22.5 Å². The topological polar surface area (TPSA) is 70.8 Å². The lowest BCUT2D eigenvalue weighted by atomic mass is 9.85. The Hall–Kier alpha value is -2.31. The lowest BCUT2D eigenvalue weighted by Crippen LogP contribution is -2.50. The predicted octanol–water partition coefficient (Wildman–Crippen LogP) is 3.27. The molecule has 6 nitrogen and oxygen atoms in total. The van der Waals surface area contributed by atoms with Crippen molar-refractivity contribution in [3.63, 3.8) is 0 Å². The lowest BCUT2D eigenvalue weighted by Gasteiger charge is -2.43. The summed E-state index contributed by atoms with van der Waals surface area (Å²) in [7, 11) is 1.95. The maximum atomic E-state index is 11.4. The van der Waals surface area contributed by atoms with E-state index < -0.39 is 5.60 Å². The molecule has 3 atom stereocenters. The van der Waals surface area contributed by atoms with Gasteiger partial charge in [0.05, 0.1) is 6.61 Å². The second kappa shape index (κ2) is 7.84. The van der Waals surface area contributed by atoms with Crippen LogP contribution < -0.4 is 4.74 Å². The van der Waals surface area contributed by atoms with Crippen molar-refractivity contribution in [1.82, 2.24) is 14.5 Å². The molecule has 2 aliphatic rings. The molecular formula is C23H31N3O3. The number of hydrogen-bond acceptors (Lipinski definition) is 5. The van der Waals surface area contributed by atoms with Gasteiger partial charge in [0, 0.05) is 43.6 Å². The van der Waals surface area contributed by atoms with Crippen LogP contribution >= 0.6 is 0 Å². The van der Waals surface area contributed by atoms with Crippen LogP contribution in [0.4, 0.5) is 0 Å². The maximum absolute atomic E-state index is 11.4. The largest absolute Gasteiger partial charge is 0.504 e. The number of nitrogens with zero attached hydrogens (tertiary/aromatic N) is 3. The minimum Gasteiger partial charge on any atom is -0.504 e. The first kappa shape index (κ1) is 20.0. The van der Waals surface area contributed by atoms with E-state index in [1.165, 1.54) is 0 Å². The highest BCUT2D eigenvalue weighted by atomic mass is 16.5. The average molecular weight is 398 g/mol. The number of rotatable bonds is 7. The van der Waals surface area contributed by atoms with Gasteiger partial charge in [-0.3, -0.25) is 4.90 Å². The van der Waals surface area contributed by atoms with Crippen LogP contribution in [0, 0.1) is 0 Å². The van der Waals surface area contributed by atoms with Crippen molar-refractivity contribution in [2.24, 2.45) is 7.05 Å². The Balaban J connectivity index is 1.57. The van der Waals surface area contributed by atoms with Crippen LogP contribution in [-0.4, -0.2) is 43.4 Å². The van der Waals surface area contributed by atoms with Crippen molar-refractivity contribution in [2.75, 3.05) is 6.61 Å². The minimum absolute atomic E-state index is 0.210. The number of phenols is 1. The number of aromatic hydroxyl groups is 1. The third-order valence-electron chi connectivity index (χ3n) is 6.40. The van der Waals surface area contributed by atoms with Gasteiger partial charge in [-0.25, -0.2) is 4.98 Å². The monoisotopic (exact) mass is 397 g/mol. The fourth-order valence-corrected chi connectivity index (χ4v) is 5.18. The molecule has 3 heterocycles. The van der Waals surface area contributed by atoms with Crippen molar-refractivity contribution in [3.8, 4) is 11.5 Å².